The molecule has 0 heterocycles. The molecule has 2 atom stereocenters. The van der Waals surface area contributed by atoms with Gasteiger partial charge >= 0.3 is 0 Å². The fraction of sp³-hybridized carbons (Fsp3) is 0.600. The van der Waals surface area contributed by atoms with E-state index in [0.29, 0.717) is 25.6 Å². The van der Waals surface area contributed by atoms with E-state index >= 15 is 0 Å². The lowest BCUT2D eigenvalue weighted by Crippen LogP contribution is -2.38. The second-order valence-corrected chi connectivity index (χ2v) is 7.52. The highest BCUT2D eigenvalue weighted by molar-refractivity contribution is 6.12. The Kier molecular flexibility index (Phi) is 5.42. The highest BCUT2D eigenvalue weighted by Crippen LogP contribution is 2.46. The van der Waals surface area contributed by atoms with Gasteiger partial charge in [0.1, 0.15) is 5.41 Å². The topological polar surface area (TPSA) is 67.4 Å². The predicted octanol–water partition coefficient (Wildman–Crippen LogP) is 3.25. The van der Waals surface area contributed by atoms with Crippen LogP contribution in [0.1, 0.15) is 51.0 Å². The molecule has 2 fully saturated rings. The van der Waals surface area contributed by atoms with Gasteiger partial charge < -0.3 is 15.4 Å². The summed E-state index contributed by atoms with van der Waals surface area (Å²) in [5.41, 5.74) is 0.888. The molecule has 3 rings (SSSR count). The van der Waals surface area contributed by atoms with Gasteiger partial charge in [-0.15, -0.1) is 0 Å². The van der Waals surface area contributed by atoms with E-state index in [1.807, 2.05) is 24.3 Å². The number of hydrogen-bond donors (Lipinski definition) is 2. The highest BCUT2D eigenvalue weighted by atomic mass is 16.5. The number of nitrogens with one attached hydrogen (secondary N) is 2. The van der Waals surface area contributed by atoms with E-state index in [1.54, 1.807) is 7.05 Å². The maximum atomic E-state index is 12.4. The summed E-state index contributed by atoms with van der Waals surface area (Å²) >= 11 is 0. The fourth-order valence-electron chi connectivity index (χ4n) is 3.66. The molecule has 2 amide bonds. The van der Waals surface area contributed by atoms with Gasteiger partial charge in [0, 0.05) is 12.7 Å². The maximum absolute atomic E-state index is 12.4. The summed E-state index contributed by atoms with van der Waals surface area (Å²) in [6.07, 6.45) is 6.37. The Labute approximate surface area is 149 Å². The number of carbonyl (C=O) groups is 2. The van der Waals surface area contributed by atoms with Crippen molar-refractivity contribution in [2.24, 2.45) is 11.3 Å². The van der Waals surface area contributed by atoms with Crippen molar-refractivity contribution in [3.05, 3.63) is 29.8 Å². The zero-order valence-electron chi connectivity index (χ0n) is 15.1. The molecule has 0 spiro atoms. The van der Waals surface area contributed by atoms with Gasteiger partial charge in [0.25, 0.3) is 0 Å². The van der Waals surface area contributed by atoms with Crippen molar-refractivity contribution < 1.29 is 14.3 Å². The third-order valence-corrected chi connectivity index (χ3v) is 5.41. The zero-order chi connectivity index (χ0) is 17.9. The summed E-state index contributed by atoms with van der Waals surface area (Å²) < 4.78 is 6.06. The standard InChI is InChI=1S/C20H28N2O3/c1-14-5-3-8-17(11-14)25-13-15-6-4-7-16(12-15)22-19(24)20(9-10-20)18(23)21-2/h4,6-7,12,14,17H,3,5,8-11,13H2,1-2H3,(H,21,23)(H,22,24)/t14-,17-/m1/s1. The zero-order valence-corrected chi connectivity index (χ0v) is 15.1. The summed E-state index contributed by atoms with van der Waals surface area (Å²) in [7, 11) is 1.57. The molecule has 1 aromatic rings. The van der Waals surface area contributed by atoms with Gasteiger partial charge in [0.05, 0.1) is 12.7 Å². The van der Waals surface area contributed by atoms with Crippen LogP contribution >= 0.6 is 0 Å². The molecule has 2 aliphatic rings. The van der Waals surface area contributed by atoms with Gasteiger partial charge in [-0.1, -0.05) is 31.9 Å². The number of carbonyl (C=O) groups excluding carboxylic acids is 2. The first-order valence-electron chi connectivity index (χ1n) is 9.27. The lowest BCUT2D eigenvalue weighted by Gasteiger charge is -2.26. The largest absolute Gasteiger partial charge is 0.374 e. The van der Waals surface area contributed by atoms with Gasteiger partial charge in [-0.2, -0.15) is 0 Å². The van der Waals surface area contributed by atoms with Crippen molar-refractivity contribution >= 4 is 17.5 Å². The van der Waals surface area contributed by atoms with Gasteiger partial charge in [0.15, 0.2) is 0 Å². The smallest absolute Gasteiger partial charge is 0.240 e. The van der Waals surface area contributed by atoms with Crippen LogP contribution in [0.15, 0.2) is 24.3 Å². The third-order valence-electron chi connectivity index (χ3n) is 5.41. The molecule has 0 aromatic heterocycles. The lowest BCUT2D eigenvalue weighted by atomic mass is 9.89. The van der Waals surface area contributed by atoms with Crippen molar-refractivity contribution in [2.75, 3.05) is 12.4 Å². The molecule has 0 saturated heterocycles. The van der Waals surface area contributed by atoms with E-state index in [9.17, 15) is 9.59 Å². The minimum atomic E-state index is -0.876. The number of rotatable bonds is 6. The molecular formula is C20H28N2O3. The molecule has 0 bridgehead atoms. The van der Waals surface area contributed by atoms with Crippen molar-refractivity contribution in [3.8, 4) is 0 Å². The molecule has 1 aromatic carbocycles. The number of anilines is 1. The third kappa shape index (κ3) is 4.21. The van der Waals surface area contributed by atoms with Crippen molar-refractivity contribution in [2.45, 2.75) is 58.2 Å². The average Bonchev–Trinajstić information content (AvgIpc) is 3.42. The highest BCUT2D eigenvalue weighted by Gasteiger charge is 2.56. The fourth-order valence-corrected chi connectivity index (χ4v) is 3.66. The number of amides is 2. The van der Waals surface area contributed by atoms with Crippen LogP contribution < -0.4 is 10.6 Å². The van der Waals surface area contributed by atoms with Gasteiger partial charge in [-0.25, -0.2) is 0 Å². The molecular weight excluding hydrogens is 316 g/mol. The molecule has 2 aliphatic carbocycles. The van der Waals surface area contributed by atoms with Crippen LogP contribution in [0.3, 0.4) is 0 Å². The number of hydrogen-bond acceptors (Lipinski definition) is 3. The maximum Gasteiger partial charge on any atom is 0.240 e. The summed E-state index contributed by atoms with van der Waals surface area (Å²) in [4.78, 5) is 24.4. The summed E-state index contributed by atoms with van der Waals surface area (Å²) in [5.74, 6) is 0.325. The molecule has 0 radical (unpaired) electrons. The Morgan fingerprint density at radius 1 is 1.24 bits per heavy atom. The molecule has 136 valence electrons. The van der Waals surface area contributed by atoms with E-state index < -0.39 is 5.41 Å². The summed E-state index contributed by atoms with van der Waals surface area (Å²) in [5, 5.41) is 5.48. The van der Waals surface area contributed by atoms with Crippen LogP contribution in [0.5, 0.6) is 0 Å². The first-order valence-corrected chi connectivity index (χ1v) is 9.27. The summed E-state index contributed by atoms with van der Waals surface area (Å²) in [6, 6.07) is 7.71. The Bertz CT molecular complexity index is 640. The molecule has 5 nitrogen and oxygen atoms in total. The quantitative estimate of drug-likeness (QED) is 0.779. The SMILES string of the molecule is CNC(=O)C1(C(=O)Nc2cccc(CO[C@@H]3CCC[C@@H](C)C3)c2)CC1. The van der Waals surface area contributed by atoms with Crippen molar-refractivity contribution in [1.82, 2.24) is 5.32 Å². The lowest BCUT2D eigenvalue weighted by molar-refractivity contribution is -0.134. The second kappa shape index (κ2) is 7.56. The Balaban J connectivity index is 1.56. The first kappa shape index (κ1) is 17.9. The Hall–Kier alpha value is -1.88. The van der Waals surface area contributed by atoms with Gasteiger partial charge in [0.2, 0.25) is 11.8 Å². The minimum absolute atomic E-state index is 0.198. The number of ether oxygens (including phenoxy) is 1. The monoisotopic (exact) mass is 344 g/mol. The van der Waals surface area contributed by atoms with Gasteiger partial charge in [-0.05, 0) is 49.3 Å². The molecule has 0 unspecified atom stereocenters. The van der Waals surface area contributed by atoms with Crippen LogP contribution in [-0.4, -0.2) is 25.0 Å². The van der Waals surface area contributed by atoms with Crippen LogP contribution in [-0.2, 0) is 20.9 Å². The minimum Gasteiger partial charge on any atom is -0.374 e. The van der Waals surface area contributed by atoms with Crippen LogP contribution in [0.4, 0.5) is 5.69 Å². The van der Waals surface area contributed by atoms with E-state index in [-0.39, 0.29) is 11.8 Å². The van der Waals surface area contributed by atoms with E-state index in [2.05, 4.69) is 17.6 Å². The molecule has 2 N–H and O–H groups in total. The van der Waals surface area contributed by atoms with Crippen molar-refractivity contribution in [1.29, 1.82) is 0 Å². The Morgan fingerprint density at radius 2 is 2.04 bits per heavy atom. The predicted molar refractivity (Wildman–Crippen MR) is 97.0 cm³/mol. The molecule has 25 heavy (non-hydrogen) atoms. The molecule has 0 aliphatic heterocycles. The number of benzene rings is 1. The van der Waals surface area contributed by atoms with Crippen LogP contribution in [0.25, 0.3) is 0 Å². The summed E-state index contributed by atoms with van der Waals surface area (Å²) in [6.45, 7) is 2.84. The normalized spacial score (nSPS) is 24.4. The Morgan fingerprint density at radius 3 is 2.72 bits per heavy atom. The molecule has 5 heteroatoms. The van der Waals surface area contributed by atoms with E-state index in [0.717, 1.165) is 30.0 Å². The molecule has 2 saturated carbocycles. The van der Waals surface area contributed by atoms with E-state index in [4.69, 9.17) is 4.74 Å². The van der Waals surface area contributed by atoms with Crippen LogP contribution in [0.2, 0.25) is 0 Å². The van der Waals surface area contributed by atoms with Gasteiger partial charge in [-0.3, -0.25) is 9.59 Å². The average molecular weight is 344 g/mol. The first-order chi connectivity index (χ1) is 12.0. The van der Waals surface area contributed by atoms with Crippen molar-refractivity contribution in [3.63, 3.8) is 0 Å². The van der Waals surface area contributed by atoms with E-state index in [1.165, 1.54) is 12.8 Å². The van der Waals surface area contributed by atoms with Crippen LogP contribution in [0, 0.1) is 11.3 Å². The second-order valence-electron chi connectivity index (χ2n) is 7.52.